The van der Waals surface area contributed by atoms with E-state index in [1.54, 1.807) is 44.3 Å². The van der Waals surface area contributed by atoms with Gasteiger partial charge in [0.25, 0.3) is 5.91 Å². The van der Waals surface area contributed by atoms with Crippen molar-refractivity contribution in [2.24, 2.45) is 0 Å². The molecule has 4 heterocycles. The van der Waals surface area contributed by atoms with E-state index < -0.39 is 18.0 Å². The molecule has 10 heteroatoms. The number of nitriles is 1. The van der Waals surface area contributed by atoms with Gasteiger partial charge in [0.15, 0.2) is 0 Å². The van der Waals surface area contributed by atoms with Gasteiger partial charge in [0, 0.05) is 28.9 Å². The van der Waals surface area contributed by atoms with E-state index in [1.165, 1.54) is 12.4 Å². The Morgan fingerprint density at radius 1 is 1.26 bits per heavy atom. The van der Waals surface area contributed by atoms with Gasteiger partial charge in [-0.05, 0) is 38.1 Å². The lowest BCUT2D eigenvalue weighted by molar-refractivity contribution is 0.0566. The number of carbonyl (C=O) groups is 1. The van der Waals surface area contributed by atoms with Crippen LogP contribution in [-0.4, -0.2) is 36.2 Å². The molecule has 0 atom stereocenters. The van der Waals surface area contributed by atoms with Gasteiger partial charge in [-0.3, -0.25) is 4.79 Å². The van der Waals surface area contributed by atoms with Crippen molar-refractivity contribution < 1.29 is 13.6 Å². The van der Waals surface area contributed by atoms with E-state index in [2.05, 4.69) is 25.4 Å². The Bertz CT molecular complexity index is 1320. The first kappa shape index (κ1) is 20.2. The number of aromatic nitrogens is 5. The fraction of sp³-hybridized carbons (Fsp3) is 0.190. The van der Waals surface area contributed by atoms with Crippen molar-refractivity contribution in [1.82, 2.24) is 30.0 Å². The molecule has 0 saturated heterocycles. The van der Waals surface area contributed by atoms with Crippen molar-refractivity contribution in [1.29, 1.82) is 5.26 Å². The van der Waals surface area contributed by atoms with E-state index in [-0.39, 0.29) is 5.69 Å². The second-order valence-electron chi connectivity index (χ2n) is 7.43. The molecular weight excluding hydrogens is 404 g/mol. The second-order valence-corrected chi connectivity index (χ2v) is 7.43. The molecule has 0 aliphatic rings. The topological polar surface area (TPSA) is 112 Å². The maximum Gasteiger partial charge on any atom is 0.333 e. The second kappa shape index (κ2) is 7.60. The number of fused-ring (bicyclic) bond motifs is 1. The molecule has 4 aromatic rings. The zero-order valence-corrected chi connectivity index (χ0v) is 16.6. The van der Waals surface area contributed by atoms with Gasteiger partial charge in [-0.25, -0.2) is 14.6 Å². The number of rotatable bonds is 5. The highest BCUT2D eigenvalue weighted by Crippen LogP contribution is 2.27. The van der Waals surface area contributed by atoms with E-state index >= 15 is 0 Å². The van der Waals surface area contributed by atoms with Crippen LogP contribution in [-0.2, 0) is 0 Å². The normalized spacial score (nSPS) is 11.6. The minimum atomic E-state index is -2.71. The van der Waals surface area contributed by atoms with E-state index in [1.807, 2.05) is 12.1 Å². The van der Waals surface area contributed by atoms with Gasteiger partial charge in [0.1, 0.15) is 16.9 Å². The number of nitrogens with one attached hydrogen (secondary N) is 2. The van der Waals surface area contributed by atoms with Crippen LogP contribution in [0.25, 0.3) is 33.5 Å². The molecule has 0 bridgehead atoms. The molecule has 31 heavy (non-hydrogen) atoms. The summed E-state index contributed by atoms with van der Waals surface area (Å²) in [5.41, 5.74) is 2.06. The summed E-state index contributed by atoms with van der Waals surface area (Å²) in [5, 5.41) is 16.1. The van der Waals surface area contributed by atoms with Gasteiger partial charge in [-0.1, -0.05) is 6.07 Å². The van der Waals surface area contributed by atoms with Gasteiger partial charge in [-0.2, -0.15) is 19.1 Å². The molecule has 0 aliphatic heterocycles. The molecule has 0 aromatic carbocycles. The summed E-state index contributed by atoms with van der Waals surface area (Å²) in [6.45, 7) is 0.486. The zero-order valence-electron chi connectivity index (χ0n) is 16.6. The number of alkyl halides is 2. The fourth-order valence-electron chi connectivity index (χ4n) is 2.99. The average molecular weight is 421 g/mol. The van der Waals surface area contributed by atoms with Crippen LogP contribution in [0.2, 0.25) is 0 Å². The molecule has 0 aliphatic carbocycles. The summed E-state index contributed by atoms with van der Waals surface area (Å²) < 4.78 is 26.1. The summed E-state index contributed by atoms with van der Waals surface area (Å²) in [4.78, 5) is 24.3. The Morgan fingerprint density at radius 3 is 2.77 bits per heavy atom. The summed E-state index contributed by atoms with van der Waals surface area (Å²) in [5.74, 6) is -0.456. The third-order valence-electron chi connectivity index (χ3n) is 4.57. The molecule has 0 saturated carbocycles. The number of hydrogen-bond acceptors (Lipinski definition) is 5. The van der Waals surface area contributed by atoms with Crippen LogP contribution in [0.5, 0.6) is 0 Å². The van der Waals surface area contributed by atoms with Gasteiger partial charge in [0.2, 0.25) is 0 Å². The first-order valence-corrected chi connectivity index (χ1v) is 9.28. The molecule has 0 spiro atoms. The Labute approximate surface area is 175 Å². The molecule has 0 unspecified atom stereocenters. The molecule has 4 aromatic heterocycles. The summed E-state index contributed by atoms with van der Waals surface area (Å²) in [6.07, 6.45) is 4.21. The van der Waals surface area contributed by atoms with Crippen molar-refractivity contribution in [2.75, 3.05) is 0 Å². The lowest BCUT2D eigenvalue weighted by atomic mass is 10.1. The van der Waals surface area contributed by atoms with E-state index in [9.17, 15) is 13.6 Å². The predicted octanol–water partition coefficient (Wildman–Crippen LogP) is 3.92. The van der Waals surface area contributed by atoms with Crippen LogP contribution in [0.15, 0.2) is 48.9 Å². The minimum absolute atomic E-state index is 0.176. The fourth-order valence-corrected chi connectivity index (χ4v) is 2.99. The highest BCUT2D eigenvalue weighted by molar-refractivity contribution is 5.94. The zero-order chi connectivity index (χ0) is 22.2. The molecule has 4 rings (SSSR count). The van der Waals surface area contributed by atoms with Crippen molar-refractivity contribution in [3.8, 4) is 28.6 Å². The number of H-pyrrole nitrogens is 1. The standard InChI is InChI=1S/C21H17F2N7O/c1-21(2,11-24)29-19(31)16-5-3-4-15(27-16)13-6-12-7-17(28-18(12)25-8-13)14-9-26-30(10-14)20(22)23/h3-10,20H,1-2H3,(H,25,28)(H,29,31). The van der Waals surface area contributed by atoms with Crippen molar-refractivity contribution in [3.05, 3.63) is 54.6 Å². The number of amides is 1. The smallest absolute Gasteiger partial charge is 0.333 e. The quantitative estimate of drug-likeness (QED) is 0.507. The molecule has 0 radical (unpaired) electrons. The van der Waals surface area contributed by atoms with Crippen molar-refractivity contribution in [2.45, 2.75) is 25.9 Å². The summed E-state index contributed by atoms with van der Waals surface area (Å²) in [6, 6.07) is 10.6. The summed E-state index contributed by atoms with van der Waals surface area (Å²) in [7, 11) is 0. The van der Waals surface area contributed by atoms with Crippen LogP contribution >= 0.6 is 0 Å². The SMILES string of the molecule is CC(C)(C#N)NC(=O)c1cccc(-c2cnc3[nH]c(-c4cnn(C(F)F)c4)cc3c2)n1. The number of halogens is 2. The molecule has 1 amide bonds. The Kier molecular flexibility index (Phi) is 4.94. The first-order chi connectivity index (χ1) is 14.8. The van der Waals surface area contributed by atoms with Gasteiger partial charge in [-0.15, -0.1) is 0 Å². The van der Waals surface area contributed by atoms with E-state index in [0.29, 0.717) is 32.8 Å². The maximum absolute atomic E-state index is 12.8. The number of aromatic amines is 1. The largest absolute Gasteiger partial charge is 0.339 e. The van der Waals surface area contributed by atoms with Crippen molar-refractivity contribution in [3.63, 3.8) is 0 Å². The van der Waals surface area contributed by atoms with Crippen LogP contribution in [0.3, 0.4) is 0 Å². The van der Waals surface area contributed by atoms with Gasteiger partial charge < -0.3 is 10.3 Å². The number of nitrogens with zero attached hydrogens (tertiary/aromatic N) is 5. The number of hydrogen-bond donors (Lipinski definition) is 2. The van der Waals surface area contributed by atoms with Crippen LogP contribution in [0, 0.1) is 11.3 Å². The average Bonchev–Trinajstić information content (AvgIpc) is 3.40. The Hall–Kier alpha value is -4.13. The third kappa shape index (κ3) is 4.11. The van der Waals surface area contributed by atoms with E-state index in [4.69, 9.17) is 5.26 Å². The highest BCUT2D eigenvalue weighted by atomic mass is 19.3. The maximum atomic E-state index is 12.8. The minimum Gasteiger partial charge on any atom is -0.339 e. The predicted molar refractivity (Wildman–Crippen MR) is 109 cm³/mol. The van der Waals surface area contributed by atoms with Crippen LogP contribution < -0.4 is 5.32 Å². The van der Waals surface area contributed by atoms with Crippen molar-refractivity contribution >= 4 is 16.9 Å². The number of carbonyl (C=O) groups excluding carboxylic acids is 1. The molecule has 0 fully saturated rings. The Morgan fingerprint density at radius 2 is 2.06 bits per heavy atom. The molecule has 156 valence electrons. The monoisotopic (exact) mass is 421 g/mol. The summed E-state index contributed by atoms with van der Waals surface area (Å²) >= 11 is 0. The lowest BCUT2D eigenvalue weighted by Crippen LogP contribution is -2.42. The number of pyridine rings is 2. The molecular formula is C21H17F2N7O. The van der Waals surface area contributed by atoms with Crippen LogP contribution in [0.4, 0.5) is 8.78 Å². The lowest BCUT2D eigenvalue weighted by Gasteiger charge is -2.17. The van der Waals surface area contributed by atoms with Gasteiger partial charge >= 0.3 is 6.55 Å². The molecule has 8 nitrogen and oxygen atoms in total. The first-order valence-electron chi connectivity index (χ1n) is 9.28. The van der Waals surface area contributed by atoms with Gasteiger partial charge in [0.05, 0.1) is 23.7 Å². The molecule has 2 N–H and O–H groups in total. The highest BCUT2D eigenvalue weighted by Gasteiger charge is 2.21. The third-order valence-corrected chi connectivity index (χ3v) is 4.57. The Balaban J connectivity index is 1.64. The van der Waals surface area contributed by atoms with E-state index in [0.717, 1.165) is 5.39 Å². The van der Waals surface area contributed by atoms with Crippen LogP contribution in [0.1, 0.15) is 30.9 Å².